The van der Waals surface area contributed by atoms with Crippen LogP contribution in [0.2, 0.25) is 0 Å². The first-order valence-corrected chi connectivity index (χ1v) is 8.64. The lowest BCUT2D eigenvalue weighted by Crippen LogP contribution is -2.27. The van der Waals surface area contributed by atoms with E-state index >= 15 is 0 Å². The molecule has 0 aliphatic rings. The van der Waals surface area contributed by atoms with Crippen LogP contribution in [0.25, 0.3) is 0 Å². The fraction of sp³-hybridized carbons (Fsp3) is 0.286. The van der Waals surface area contributed by atoms with Crippen molar-refractivity contribution in [3.8, 4) is 0 Å². The average molecular weight is 352 g/mol. The third kappa shape index (κ3) is 6.16. The van der Waals surface area contributed by atoms with Gasteiger partial charge >= 0.3 is 5.97 Å². The molecule has 5 nitrogen and oxygen atoms in total. The number of hydrogen-bond donors (Lipinski definition) is 0. The molecule has 0 aliphatic heterocycles. The monoisotopic (exact) mass is 352 g/mol. The topological polar surface area (TPSA) is 59.0 Å². The van der Waals surface area contributed by atoms with Gasteiger partial charge in [-0.3, -0.25) is 14.6 Å². The summed E-state index contributed by atoms with van der Waals surface area (Å²) in [5.74, 6) is -1.83. The first kappa shape index (κ1) is 19.4. The Balaban J connectivity index is 2.18. The fourth-order valence-electron chi connectivity index (χ4n) is 2.45. The van der Waals surface area contributed by atoms with Gasteiger partial charge in [0.2, 0.25) is 0 Å². The largest absolute Gasteiger partial charge is 0.465 e. The molecule has 0 fully saturated rings. The number of carbonyl (C=O) groups excluding carboxylic acids is 2. The van der Waals surface area contributed by atoms with Gasteiger partial charge in [0, 0.05) is 6.21 Å². The Kier molecular flexibility index (Phi) is 7.55. The molecule has 26 heavy (non-hydrogen) atoms. The molecule has 0 N–H and O–H groups in total. The van der Waals surface area contributed by atoms with Crippen molar-refractivity contribution >= 4 is 18.0 Å². The SMILES string of the molecule is CCOC(=O)C(C=NN(Cc1ccccc1)Cc1ccccc1)C(C)=O. The van der Waals surface area contributed by atoms with Crippen LogP contribution in [-0.4, -0.2) is 29.6 Å². The Morgan fingerprint density at radius 1 is 1.00 bits per heavy atom. The number of nitrogens with zero attached hydrogens (tertiary/aromatic N) is 2. The zero-order chi connectivity index (χ0) is 18.8. The Labute approximate surface area is 154 Å². The maximum atomic E-state index is 12.0. The second-order valence-corrected chi connectivity index (χ2v) is 5.90. The minimum absolute atomic E-state index is 0.230. The molecule has 0 spiro atoms. The number of rotatable bonds is 9. The van der Waals surface area contributed by atoms with Crippen LogP contribution in [0.3, 0.4) is 0 Å². The molecule has 0 saturated heterocycles. The first-order chi connectivity index (χ1) is 12.6. The second kappa shape index (κ2) is 10.1. The lowest BCUT2D eigenvalue weighted by molar-refractivity contribution is -0.148. The zero-order valence-electron chi connectivity index (χ0n) is 15.2. The molecule has 5 heteroatoms. The van der Waals surface area contributed by atoms with Gasteiger partial charge in [0.15, 0.2) is 5.92 Å². The molecule has 0 bridgehead atoms. The zero-order valence-corrected chi connectivity index (χ0v) is 15.2. The van der Waals surface area contributed by atoms with E-state index in [9.17, 15) is 9.59 Å². The van der Waals surface area contributed by atoms with Crippen LogP contribution >= 0.6 is 0 Å². The van der Waals surface area contributed by atoms with Gasteiger partial charge in [0.25, 0.3) is 0 Å². The molecule has 2 aromatic rings. The Hall–Kier alpha value is -2.95. The maximum Gasteiger partial charge on any atom is 0.322 e. The van der Waals surface area contributed by atoms with Crippen LogP contribution in [0.1, 0.15) is 25.0 Å². The molecule has 0 amide bonds. The van der Waals surface area contributed by atoms with Gasteiger partial charge in [0.05, 0.1) is 19.7 Å². The van der Waals surface area contributed by atoms with Crippen molar-refractivity contribution < 1.29 is 14.3 Å². The number of hydrazone groups is 1. The van der Waals surface area contributed by atoms with Crippen LogP contribution in [0.4, 0.5) is 0 Å². The normalized spacial score (nSPS) is 11.9. The number of ether oxygens (including phenoxy) is 1. The van der Waals surface area contributed by atoms with E-state index in [2.05, 4.69) is 5.10 Å². The number of hydrogen-bond acceptors (Lipinski definition) is 5. The van der Waals surface area contributed by atoms with Crippen LogP contribution in [-0.2, 0) is 27.4 Å². The summed E-state index contributed by atoms with van der Waals surface area (Å²) in [4.78, 5) is 23.7. The number of esters is 1. The minimum atomic E-state index is -0.982. The van der Waals surface area contributed by atoms with E-state index in [0.29, 0.717) is 13.1 Å². The number of benzene rings is 2. The number of ketones is 1. The van der Waals surface area contributed by atoms with Crippen LogP contribution in [0.15, 0.2) is 65.8 Å². The molecule has 2 rings (SSSR count). The third-order valence-electron chi connectivity index (χ3n) is 3.77. The summed E-state index contributed by atoms with van der Waals surface area (Å²) in [5, 5.41) is 6.26. The predicted octanol–water partition coefficient (Wildman–Crippen LogP) is 3.44. The van der Waals surface area contributed by atoms with E-state index in [1.807, 2.05) is 65.7 Å². The molecule has 1 unspecified atom stereocenters. The van der Waals surface area contributed by atoms with Crippen LogP contribution < -0.4 is 0 Å². The van der Waals surface area contributed by atoms with Crippen molar-refractivity contribution in [1.29, 1.82) is 0 Å². The van der Waals surface area contributed by atoms with Gasteiger partial charge < -0.3 is 4.74 Å². The van der Waals surface area contributed by atoms with Crippen molar-refractivity contribution in [3.05, 3.63) is 71.8 Å². The highest BCUT2D eigenvalue weighted by atomic mass is 16.5. The molecule has 0 saturated carbocycles. The highest BCUT2D eigenvalue weighted by Crippen LogP contribution is 2.11. The Morgan fingerprint density at radius 3 is 1.92 bits per heavy atom. The second-order valence-electron chi connectivity index (χ2n) is 5.90. The highest BCUT2D eigenvalue weighted by Gasteiger charge is 2.23. The van der Waals surface area contributed by atoms with Crippen LogP contribution in [0.5, 0.6) is 0 Å². The molecular weight excluding hydrogens is 328 g/mol. The molecule has 0 radical (unpaired) electrons. The predicted molar refractivity (Wildman–Crippen MR) is 101 cm³/mol. The minimum Gasteiger partial charge on any atom is -0.465 e. The average Bonchev–Trinajstić information content (AvgIpc) is 2.63. The molecule has 0 aromatic heterocycles. The molecular formula is C21H24N2O3. The van der Waals surface area contributed by atoms with Crippen molar-refractivity contribution in [2.45, 2.75) is 26.9 Å². The maximum absolute atomic E-state index is 12.0. The summed E-state index contributed by atoms with van der Waals surface area (Å²) in [5.41, 5.74) is 2.19. The highest BCUT2D eigenvalue weighted by molar-refractivity contribution is 6.11. The summed E-state index contributed by atoms with van der Waals surface area (Å²) >= 11 is 0. The van der Waals surface area contributed by atoms with Gasteiger partial charge in [-0.05, 0) is 25.0 Å². The van der Waals surface area contributed by atoms with E-state index < -0.39 is 11.9 Å². The van der Waals surface area contributed by atoms with Gasteiger partial charge in [-0.1, -0.05) is 60.7 Å². The quantitative estimate of drug-likeness (QED) is 0.300. The van der Waals surface area contributed by atoms with E-state index in [-0.39, 0.29) is 12.4 Å². The molecule has 1 atom stereocenters. The number of carbonyl (C=O) groups is 2. The van der Waals surface area contributed by atoms with Crippen molar-refractivity contribution in [3.63, 3.8) is 0 Å². The summed E-state index contributed by atoms with van der Waals surface area (Å²) in [6, 6.07) is 19.9. The van der Waals surface area contributed by atoms with Crippen molar-refractivity contribution in [2.75, 3.05) is 6.61 Å². The third-order valence-corrected chi connectivity index (χ3v) is 3.77. The number of Topliss-reactive ketones (excluding diaryl/α,β-unsaturated/α-hetero) is 1. The molecule has 2 aromatic carbocycles. The van der Waals surface area contributed by atoms with Gasteiger partial charge in [0.1, 0.15) is 5.78 Å². The van der Waals surface area contributed by atoms with Crippen LogP contribution in [0, 0.1) is 5.92 Å². The molecule has 0 aliphatic carbocycles. The van der Waals surface area contributed by atoms with Crippen molar-refractivity contribution in [1.82, 2.24) is 5.01 Å². The van der Waals surface area contributed by atoms with Gasteiger partial charge in [-0.2, -0.15) is 5.10 Å². The first-order valence-electron chi connectivity index (χ1n) is 8.64. The van der Waals surface area contributed by atoms with E-state index in [4.69, 9.17) is 4.74 Å². The van der Waals surface area contributed by atoms with Gasteiger partial charge in [-0.15, -0.1) is 0 Å². The standard InChI is InChI=1S/C21H24N2O3/c1-3-26-21(25)20(17(2)24)14-22-23(15-18-10-6-4-7-11-18)16-19-12-8-5-9-13-19/h4-14,20H,3,15-16H2,1-2H3. The molecule has 0 heterocycles. The smallest absolute Gasteiger partial charge is 0.322 e. The van der Waals surface area contributed by atoms with Crippen molar-refractivity contribution in [2.24, 2.45) is 11.0 Å². The van der Waals surface area contributed by atoms with E-state index in [1.54, 1.807) is 6.92 Å². The Bertz CT molecular complexity index is 688. The van der Waals surface area contributed by atoms with E-state index in [0.717, 1.165) is 11.1 Å². The summed E-state index contributed by atoms with van der Waals surface area (Å²) in [6.07, 6.45) is 1.38. The fourth-order valence-corrected chi connectivity index (χ4v) is 2.45. The summed E-state index contributed by atoms with van der Waals surface area (Å²) in [6.45, 7) is 4.45. The van der Waals surface area contributed by atoms with E-state index in [1.165, 1.54) is 13.1 Å². The lowest BCUT2D eigenvalue weighted by atomic mass is 10.1. The summed E-state index contributed by atoms with van der Waals surface area (Å²) < 4.78 is 4.96. The molecule has 136 valence electrons. The Morgan fingerprint density at radius 2 is 1.50 bits per heavy atom. The lowest BCUT2D eigenvalue weighted by Gasteiger charge is -2.20. The summed E-state index contributed by atoms with van der Waals surface area (Å²) in [7, 11) is 0. The van der Waals surface area contributed by atoms with Gasteiger partial charge in [-0.25, -0.2) is 0 Å².